The van der Waals surface area contributed by atoms with Crippen LogP contribution in [0.5, 0.6) is 0 Å². The van der Waals surface area contributed by atoms with Gasteiger partial charge in [-0.3, -0.25) is 0 Å². The highest BCUT2D eigenvalue weighted by Crippen LogP contribution is 2.49. The first-order valence-electron chi connectivity index (χ1n) is 8.00. The van der Waals surface area contributed by atoms with Crippen LogP contribution in [0.3, 0.4) is 0 Å². The zero-order chi connectivity index (χ0) is 15.1. The van der Waals surface area contributed by atoms with E-state index < -0.39 is 5.60 Å². The summed E-state index contributed by atoms with van der Waals surface area (Å²) in [4.78, 5) is 12.3. The maximum absolute atomic E-state index is 12.3. The summed E-state index contributed by atoms with van der Waals surface area (Å²) in [6, 6.07) is 8.55. The fourth-order valence-corrected chi connectivity index (χ4v) is 3.99. The molecule has 114 valence electrons. The smallest absolute Gasteiger partial charge is 0.408 e. The van der Waals surface area contributed by atoms with Gasteiger partial charge in [-0.1, -0.05) is 37.1 Å². The predicted molar refractivity (Wildman–Crippen MR) is 83.2 cm³/mol. The van der Waals surface area contributed by atoms with Gasteiger partial charge >= 0.3 is 6.09 Å². The van der Waals surface area contributed by atoms with Crippen LogP contribution in [0.1, 0.15) is 57.6 Å². The summed E-state index contributed by atoms with van der Waals surface area (Å²) in [6.45, 7) is 5.72. The topological polar surface area (TPSA) is 38.3 Å². The molecule has 0 unspecified atom stereocenters. The molecular weight excluding hydrogens is 262 g/mol. The third-order valence-corrected chi connectivity index (χ3v) is 4.76. The van der Waals surface area contributed by atoms with Crippen LogP contribution in [-0.2, 0) is 16.7 Å². The molecule has 1 fully saturated rings. The second-order valence-electron chi connectivity index (χ2n) is 7.40. The molecule has 0 heterocycles. The van der Waals surface area contributed by atoms with E-state index >= 15 is 0 Å². The van der Waals surface area contributed by atoms with Crippen LogP contribution in [0.15, 0.2) is 24.3 Å². The van der Waals surface area contributed by atoms with Crippen LogP contribution in [0, 0.1) is 5.92 Å². The number of rotatable bonds is 1. The van der Waals surface area contributed by atoms with Gasteiger partial charge in [0.1, 0.15) is 5.60 Å². The van der Waals surface area contributed by atoms with Crippen LogP contribution in [-0.4, -0.2) is 11.7 Å². The van der Waals surface area contributed by atoms with Crippen molar-refractivity contribution in [1.82, 2.24) is 5.32 Å². The molecular formula is C18H25NO2. The van der Waals surface area contributed by atoms with E-state index in [0.29, 0.717) is 5.92 Å². The highest BCUT2D eigenvalue weighted by atomic mass is 16.6. The van der Waals surface area contributed by atoms with Gasteiger partial charge in [0.25, 0.3) is 0 Å². The van der Waals surface area contributed by atoms with Gasteiger partial charge in [0.15, 0.2) is 0 Å². The Kier molecular flexibility index (Phi) is 3.46. The van der Waals surface area contributed by atoms with Crippen molar-refractivity contribution in [1.29, 1.82) is 0 Å². The van der Waals surface area contributed by atoms with E-state index in [2.05, 4.69) is 29.6 Å². The third-order valence-electron chi connectivity index (χ3n) is 4.76. The first kappa shape index (κ1) is 14.4. The van der Waals surface area contributed by atoms with Crippen LogP contribution >= 0.6 is 0 Å². The minimum absolute atomic E-state index is 0.211. The molecule has 0 spiro atoms. The summed E-state index contributed by atoms with van der Waals surface area (Å²) >= 11 is 0. The molecule has 0 bridgehead atoms. The zero-order valence-electron chi connectivity index (χ0n) is 13.2. The zero-order valence-corrected chi connectivity index (χ0v) is 13.2. The van der Waals surface area contributed by atoms with Gasteiger partial charge in [-0.05, 0) is 57.1 Å². The lowest BCUT2D eigenvalue weighted by Gasteiger charge is -2.41. The molecule has 0 saturated heterocycles. The summed E-state index contributed by atoms with van der Waals surface area (Å²) in [5, 5.41) is 3.25. The molecule has 0 aromatic heterocycles. The van der Waals surface area contributed by atoms with Crippen LogP contribution in [0.25, 0.3) is 0 Å². The molecule has 0 radical (unpaired) electrons. The van der Waals surface area contributed by atoms with E-state index in [1.54, 1.807) is 0 Å². The first-order chi connectivity index (χ1) is 9.91. The molecule has 3 rings (SSSR count). The molecule has 2 aliphatic rings. The average molecular weight is 287 g/mol. The number of carbonyl (C=O) groups is 1. The lowest BCUT2D eigenvalue weighted by molar-refractivity contribution is 0.0366. The predicted octanol–water partition coefficient (Wildman–Crippen LogP) is 4.15. The number of fused-ring (bicyclic) bond motifs is 3. The Hall–Kier alpha value is -1.51. The molecule has 1 amide bonds. The largest absolute Gasteiger partial charge is 0.444 e. The lowest BCUT2D eigenvalue weighted by Crippen LogP contribution is -2.51. The van der Waals surface area contributed by atoms with Gasteiger partial charge in [0, 0.05) is 0 Å². The number of carbonyl (C=O) groups excluding carboxylic acids is 1. The average Bonchev–Trinajstić information content (AvgIpc) is 2.70. The monoisotopic (exact) mass is 287 g/mol. The maximum atomic E-state index is 12.3. The second kappa shape index (κ2) is 5.04. The van der Waals surface area contributed by atoms with Crippen molar-refractivity contribution in [3.05, 3.63) is 35.4 Å². The molecule has 1 aromatic rings. The fraction of sp³-hybridized carbons (Fsp3) is 0.611. The molecule has 3 heteroatoms. The minimum atomic E-state index is -0.455. The van der Waals surface area contributed by atoms with Crippen LogP contribution in [0.4, 0.5) is 4.79 Å². The number of benzene rings is 1. The molecule has 1 saturated carbocycles. The Balaban J connectivity index is 1.90. The van der Waals surface area contributed by atoms with E-state index in [-0.39, 0.29) is 11.6 Å². The van der Waals surface area contributed by atoms with E-state index in [1.807, 2.05) is 20.8 Å². The number of nitrogens with one attached hydrogen (secondary N) is 1. The summed E-state index contributed by atoms with van der Waals surface area (Å²) in [6.07, 6.45) is 5.42. The quantitative estimate of drug-likeness (QED) is 0.842. The Morgan fingerprint density at radius 2 is 2.05 bits per heavy atom. The first-order valence-corrected chi connectivity index (χ1v) is 8.00. The van der Waals surface area contributed by atoms with Gasteiger partial charge in [0.2, 0.25) is 0 Å². The second-order valence-corrected chi connectivity index (χ2v) is 7.40. The number of amides is 1. The van der Waals surface area contributed by atoms with Gasteiger partial charge < -0.3 is 10.1 Å². The van der Waals surface area contributed by atoms with Crippen LogP contribution in [0.2, 0.25) is 0 Å². The number of hydrogen-bond donors (Lipinski definition) is 1. The van der Waals surface area contributed by atoms with Gasteiger partial charge in [-0.15, -0.1) is 0 Å². The SMILES string of the molecule is CC(C)(C)OC(=O)N[C@@]12CCCC[C@@H]1Cc1ccccc12. The van der Waals surface area contributed by atoms with Crippen molar-refractivity contribution in [2.45, 2.75) is 64.0 Å². The number of ether oxygens (including phenoxy) is 1. The molecule has 1 N–H and O–H groups in total. The minimum Gasteiger partial charge on any atom is -0.444 e. The summed E-state index contributed by atoms with van der Waals surface area (Å²) in [5.41, 5.74) is 2.03. The Morgan fingerprint density at radius 3 is 2.81 bits per heavy atom. The van der Waals surface area contributed by atoms with E-state index in [0.717, 1.165) is 12.8 Å². The van der Waals surface area contributed by atoms with Gasteiger partial charge in [-0.2, -0.15) is 0 Å². The highest BCUT2D eigenvalue weighted by molar-refractivity contribution is 5.70. The Morgan fingerprint density at radius 1 is 1.29 bits per heavy atom. The van der Waals surface area contributed by atoms with Crippen molar-refractivity contribution >= 4 is 6.09 Å². The van der Waals surface area contributed by atoms with Gasteiger partial charge in [0.05, 0.1) is 5.54 Å². The van der Waals surface area contributed by atoms with Crippen molar-refractivity contribution in [2.24, 2.45) is 5.92 Å². The molecule has 1 aromatic carbocycles. The fourth-order valence-electron chi connectivity index (χ4n) is 3.99. The molecule has 0 aliphatic heterocycles. The number of alkyl carbamates (subject to hydrolysis) is 1. The molecule has 21 heavy (non-hydrogen) atoms. The maximum Gasteiger partial charge on any atom is 0.408 e. The van der Waals surface area contributed by atoms with Gasteiger partial charge in [-0.25, -0.2) is 4.79 Å². The summed E-state index contributed by atoms with van der Waals surface area (Å²) < 4.78 is 5.51. The highest BCUT2D eigenvalue weighted by Gasteiger charge is 2.49. The van der Waals surface area contributed by atoms with E-state index in [1.165, 1.54) is 30.4 Å². The standard InChI is InChI=1S/C18H25NO2/c1-17(2,3)21-16(20)19-18-11-7-6-9-14(18)12-13-8-4-5-10-15(13)18/h4-5,8,10,14H,6-7,9,11-12H2,1-3H3,(H,19,20)/t14-,18+/m1/s1. The van der Waals surface area contributed by atoms with Crippen molar-refractivity contribution < 1.29 is 9.53 Å². The molecule has 2 atom stereocenters. The van der Waals surface area contributed by atoms with E-state index in [9.17, 15) is 4.79 Å². The third kappa shape index (κ3) is 2.66. The van der Waals surface area contributed by atoms with Crippen molar-refractivity contribution in [3.8, 4) is 0 Å². The summed E-state index contributed by atoms with van der Waals surface area (Å²) in [5.74, 6) is 0.510. The summed E-state index contributed by atoms with van der Waals surface area (Å²) in [7, 11) is 0. The lowest BCUT2D eigenvalue weighted by atomic mass is 9.73. The normalized spacial score (nSPS) is 27.7. The Labute approximate surface area is 127 Å². The van der Waals surface area contributed by atoms with Crippen LogP contribution < -0.4 is 5.32 Å². The molecule has 3 nitrogen and oxygen atoms in total. The molecule has 2 aliphatic carbocycles. The van der Waals surface area contributed by atoms with Crippen molar-refractivity contribution in [3.63, 3.8) is 0 Å². The Bertz CT molecular complexity index is 546. The van der Waals surface area contributed by atoms with Crippen molar-refractivity contribution in [2.75, 3.05) is 0 Å². The van der Waals surface area contributed by atoms with E-state index in [4.69, 9.17) is 4.74 Å². The number of hydrogen-bond acceptors (Lipinski definition) is 2.